The fourth-order valence-corrected chi connectivity index (χ4v) is 2.65. The minimum atomic E-state index is -0.301. The molecule has 136 valence electrons. The van der Waals surface area contributed by atoms with Crippen LogP contribution in [0.15, 0.2) is 42.5 Å². The molecule has 2 aromatic rings. The van der Waals surface area contributed by atoms with Crippen molar-refractivity contribution in [1.82, 2.24) is 4.90 Å². The van der Waals surface area contributed by atoms with E-state index in [0.717, 1.165) is 5.56 Å². The summed E-state index contributed by atoms with van der Waals surface area (Å²) in [5.74, 6) is 1.38. The van der Waals surface area contributed by atoms with Crippen molar-refractivity contribution in [2.75, 3.05) is 25.8 Å². The molecule has 0 aliphatic carbocycles. The molecule has 7 nitrogen and oxygen atoms in total. The summed E-state index contributed by atoms with van der Waals surface area (Å²) in [6.07, 6.45) is 0. The molecule has 0 radical (unpaired) electrons. The molecule has 0 aromatic heterocycles. The van der Waals surface area contributed by atoms with Crippen molar-refractivity contribution in [1.29, 1.82) is 0 Å². The maximum Gasteiger partial charge on any atom is 0.244 e. The number of hydrogen-bond acceptors (Lipinski definition) is 5. The third-order valence-electron chi connectivity index (χ3n) is 3.97. The zero-order valence-corrected chi connectivity index (χ0v) is 14.7. The highest BCUT2D eigenvalue weighted by atomic mass is 16.7. The summed E-state index contributed by atoms with van der Waals surface area (Å²) < 4.78 is 15.8. The molecule has 0 bridgehead atoms. The molecule has 0 saturated heterocycles. The number of methoxy groups -OCH3 is 1. The Balaban J connectivity index is 1.66. The number of benzene rings is 2. The first-order valence-electron chi connectivity index (χ1n) is 8.13. The number of ether oxygens (including phenoxy) is 3. The van der Waals surface area contributed by atoms with Crippen molar-refractivity contribution in [2.45, 2.75) is 13.5 Å². The smallest absolute Gasteiger partial charge is 0.244 e. The van der Waals surface area contributed by atoms with Gasteiger partial charge >= 0.3 is 0 Å². The number of nitrogens with one attached hydrogen (secondary N) is 1. The van der Waals surface area contributed by atoms with Crippen LogP contribution in [-0.2, 0) is 16.1 Å². The Labute approximate surface area is 151 Å². The fraction of sp³-hybridized carbons (Fsp3) is 0.263. The second-order valence-corrected chi connectivity index (χ2v) is 5.81. The SMILES string of the molecule is COc1ccccc1NC(=O)CN(Cc1ccc2c(c1)OCO2)C(C)=O. The van der Waals surface area contributed by atoms with Gasteiger partial charge in [0.1, 0.15) is 12.3 Å². The average Bonchev–Trinajstić information content (AvgIpc) is 3.09. The van der Waals surface area contributed by atoms with E-state index < -0.39 is 0 Å². The van der Waals surface area contributed by atoms with Crippen LogP contribution in [0.1, 0.15) is 12.5 Å². The van der Waals surface area contributed by atoms with Gasteiger partial charge in [-0.3, -0.25) is 9.59 Å². The van der Waals surface area contributed by atoms with E-state index in [1.807, 2.05) is 18.2 Å². The lowest BCUT2D eigenvalue weighted by molar-refractivity contribution is -0.133. The molecule has 1 aliphatic heterocycles. The number of para-hydroxylation sites is 2. The van der Waals surface area contributed by atoms with Crippen LogP contribution in [0.25, 0.3) is 0 Å². The molecule has 2 aromatic carbocycles. The van der Waals surface area contributed by atoms with Crippen LogP contribution in [0.5, 0.6) is 17.2 Å². The van der Waals surface area contributed by atoms with E-state index in [-0.39, 0.29) is 25.2 Å². The van der Waals surface area contributed by atoms with Gasteiger partial charge < -0.3 is 24.4 Å². The highest BCUT2D eigenvalue weighted by Gasteiger charge is 2.18. The van der Waals surface area contributed by atoms with E-state index in [0.29, 0.717) is 29.5 Å². The van der Waals surface area contributed by atoms with Gasteiger partial charge in [0.05, 0.1) is 12.8 Å². The molecular formula is C19H20N2O5. The van der Waals surface area contributed by atoms with E-state index in [2.05, 4.69) is 5.32 Å². The summed E-state index contributed by atoms with van der Waals surface area (Å²) in [6, 6.07) is 12.6. The molecular weight excluding hydrogens is 336 g/mol. The number of hydrogen-bond donors (Lipinski definition) is 1. The molecule has 0 unspecified atom stereocenters. The molecule has 3 rings (SSSR count). The van der Waals surface area contributed by atoms with E-state index in [9.17, 15) is 9.59 Å². The summed E-state index contributed by atoms with van der Waals surface area (Å²) in [7, 11) is 1.53. The second-order valence-electron chi connectivity index (χ2n) is 5.81. The monoisotopic (exact) mass is 356 g/mol. The lowest BCUT2D eigenvalue weighted by Crippen LogP contribution is -2.36. The molecule has 0 atom stereocenters. The first kappa shape index (κ1) is 17.6. The Morgan fingerprint density at radius 2 is 1.92 bits per heavy atom. The van der Waals surface area contributed by atoms with Crippen LogP contribution in [0.4, 0.5) is 5.69 Å². The number of rotatable bonds is 6. The minimum Gasteiger partial charge on any atom is -0.495 e. The van der Waals surface area contributed by atoms with Gasteiger partial charge in [-0.05, 0) is 29.8 Å². The zero-order valence-electron chi connectivity index (χ0n) is 14.7. The third kappa shape index (κ3) is 4.05. The topological polar surface area (TPSA) is 77.1 Å². The number of amides is 2. The highest BCUT2D eigenvalue weighted by molar-refractivity contribution is 5.95. The van der Waals surface area contributed by atoms with Crippen LogP contribution in [-0.4, -0.2) is 37.2 Å². The maximum atomic E-state index is 12.4. The number of carbonyl (C=O) groups excluding carboxylic acids is 2. The van der Waals surface area contributed by atoms with Gasteiger partial charge in [-0.1, -0.05) is 18.2 Å². The second kappa shape index (κ2) is 7.77. The summed E-state index contributed by atoms with van der Waals surface area (Å²) in [5, 5.41) is 2.77. The average molecular weight is 356 g/mol. The third-order valence-corrected chi connectivity index (χ3v) is 3.97. The van der Waals surface area contributed by atoms with E-state index in [1.165, 1.54) is 18.9 Å². The van der Waals surface area contributed by atoms with Crippen molar-refractivity contribution in [3.8, 4) is 17.2 Å². The van der Waals surface area contributed by atoms with Crippen molar-refractivity contribution < 1.29 is 23.8 Å². The fourth-order valence-electron chi connectivity index (χ4n) is 2.65. The van der Waals surface area contributed by atoms with Crippen molar-refractivity contribution >= 4 is 17.5 Å². The van der Waals surface area contributed by atoms with Crippen molar-refractivity contribution in [2.24, 2.45) is 0 Å². The van der Waals surface area contributed by atoms with Crippen LogP contribution in [0.3, 0.4) is 0 Å². The maximum absolute atomic E-state index is 12.4. The van der Waals surface area contributed by atoms with Gasteiger partial charge in [0, 0.05) is 13.5 Å². The van der Waals surface area contributed by atoms with Crippen LogP contribution in [0.2, 0.25) is 0 Å². The lowest BCUT2D eigenvalue weighted by Gasteiger charge is -2.21. The molecule has 0 saturated carbocycles. The predicted octanol–water partition coefficient (Wildman–Crippen LogP) is 2.41. The van der Waals surface area contributed by atoms with Gasteiger partial charge in [-0.2, -0.15) is 0 Å². The first-order valence-corrected chi connectivity index (χ1v) is 8.13. The molecule has 2 amide bonds. The van der Waals surface area contributed by atoms with Gasteiger partial charge in [0.2, 0.25) is 18.6 Å². The Morgan fingerprint density at radius 1 is 1.15 bits per heavy atom. The molecule has 26 heavy (non-hydrogen) atoms. The molecule has 1 N–H and O–H groups in total. The quantitative estimate of drug-likeness (QED) is 0.860. The van der Waals surface area contributed by atoms with Crippen molar-refractivity contribution in [3.63, 3.8) is 0 Å². The number of carbonyl (C=O) groups is 2. The highest BCUT2D eigenvalue weighted by Crippen LogP contribution is 2.32. The standard InChI is InChI=1S/C19H20N2O5/c1-13(22)21(10-14-7-8-17-18(9-14)26-12-25-17)11-19(23)20-15-5-3-4-6-16(15)24-2/h3-9H,10-12H2,1-2H3,(H,20,23). The minimum absolute atomic E-state index is 0.0676. The molecule has 7 heteroatoms. The normalized spacial score (nSPS) is 11.8. The van der Waals surface area contributed by atoms with Crippen molar-refractivity contribution in [3.05, 3.63) is 48.0 Å². The number of anilines is 1. The summed E-state index contributed by atoms with van der Waals surface area (Å²) in [5.41, 5.74) is 1.42. The molecule has 1 heterocycles. The van der Waals surface area contributed by atoms with E-state index in [4.69, 9.17) is 14.2 Å². The summed E-state index contributed by atoms with van der Waals surface area (Å²) in [4.78, 5) is 25.8. The Morgan fingerprint density at radius 3 is 2.69 bits per heavy atom. The number of nitrogens with zero attached hydrogens (tertiary/aromatic N) is 1. The van der Waals surface area contributed by atoms with Gasteiger partial charge in [-0.25, -0.2) is 0 Å². The van der Waals surface area contributed by atoms with Crippen LogP contribution < -0.4 is 19.5 Å². The molecule has 0 fully saturated rings. The van der Waals surface area contributed by atoms with E-state index >= 15 is 0 Å². The molecule has 1 aliphatic rings. The van der Waals surface area contributed by atoms with E-state index in [1.54, 1.807) is 24.3 Å². The largest absolute Gasteiger partial charge is 0.495 e. The lowest BCUT2D eigenvalue weighted by atomic mass is 10.2. The van der Waals surface area contributed by atoms with Gasteiger partial charge in [0.25, 0.3) is 0 Å². The Kier molecular flexibility index (Phi) is 5.26. The number of fused-ring (bicyclic) bond motifs is 1. The Hall–Kier alpha value is -3.22. The first-order chi connectivity index (χ1) is 12.6. The Bertz CT molecular complexity index is 821. The summed E-state index contributed by atoms with van der Waals surface area (Å²) >= 11 is 0. The summed E-state index contributed by atoms with van der Waals surface area (Å²) in [6.45, 7) is 1.85. The predicted molar refractivity (Wildman–Crippen MR) is 95.3 cm³/mol. The van der Waals surface area contributed by atoms with Gasteiger partial charge in [-0.15, -0.1) is 0 Å². The van der Waals surface area contributed by atoms with Crippen LogP contribution >= 0.6 is 0 Å². The van der Waals surface area contributed by atoms with Crippen LogP contribution in [0, 0.1) is 0 Å². The molecule has 0 spiro atoms. The zero-order chi connectivity index (χ0) is 18.5. The van der Waals surface area contributed by atoms with Gasteiger partial charge in [0.15, 0.2) is 11.5 Å².